The van der Waals surface area contributed by atoms with E-state index in [1.54, 1.807) is 0 Å². The number of hydrogen-bond donors (Lipinski definition) is 1. The highest BCUT2D eigenvalue weighted by Gasteiger charge is 2.17. The molecule has 1 fully saturated rings. The van der Waals surface area contributed by atoms with E-state index in [9.17, 15) is 9.18 Å². The standard InChI is InChI=1S/C17H24ClFN2O/c1-13-6-2-4-10-21(13)11-5-3-9-20-17(22)15-8-7-14(18)12-16(15)19/h7-8,12-13H,2-6,9-11H2,1H3,(H,20,22). The number of rotatable bonds is 6. The SMILES string of the molecule is CC1CCCCN1CCCCNC(=O)c1ccc(Cl)cc1F. The van der Waals surface area contributed by atoms with Crippen LogP contribution in [0.3, 0.4) is 0 Å². The zero-order valence-corrected chi connectivity index (χ0v) is 13.8. The minimum atomic E-state index is -0.577. The van der Waals surface area contributed by atoms with E-state index in [1.165, 1.54) is 37.9 Å². The molecule has 0 radical (unpaired) electrons. The summed E-state index contributed by atoms with van der Waals surface area (Å²) in [6, 6.07) is 4.78. The van der Waals surface area contributed by atoms with Crippen LogP contribution in [0.25, 0.3) is 0 Å². The van der Waals surface area contributed by atoms with Gasteiger partial charge in [-0.25, -0.2) is 4.39 Å². The molecule has 5 heteroatoms. The second-order valence-corrected chi connectivity index (χ2v) is 6.40. The molecule has 0 saturated carbocycles. The number of likely N-dealkylation sites (tertiary alicyclic amines) is 1. The van der Waals surface area contributed by atoms with Crippen LogP contribution in [0.5, 0.6) is 0 Å². The van der Waals surface area contributed by atoms with E-state index < -0.39 is 5.82 Å². The highest BCUT2D eigenvalue weighted by Crippen LogP contribution is 2.17. The molecule has 1 amide bonds. The zero-order chi connectivity index (χ0) is 15.9. The van der Waals surface area contributed by atoms with Gasteiger partial charge in [-0.05, 0) is 63.9 Å². The van der Waals surface area contributed by atoms with Crippen LogP contribution >= 0.6 is 11.6 Å². The van der Waals surface area contributed by atoms with Crippen LogP contribution in [0.4, 0.5) is 4.39 Å². The molecular weight excluding hydrogens is 303 g/mol. The Morgan fingerprint density at radius 3 is 2.95 bits per heavy atom. The average molecular weight is 327 g/mol. The summed E-state index contributed by atoms with van der Waals surface area (Å²) in [5, 5.41) is 3.06. The number of carbonyl (C=O) groups excluding carboxylic acids is 1. The van der Waals surface area contributed by atoms with E-state index in [1.807, 2.05) is 0 Å². The summed E-state index contributed by atoms with van der Waals surface area (Å²) in [6.07, 6.45) is 5.86. The fourth-order valence-corrected chi connectivity index (χ4v) is 3.06. The van der Waals surface area contributed by atoms with Gasteiger partial charge in [0.2, 0.25) is 0 Å². The minimum absolute atomic E-state index is 0.0500. The Bertz CT molecular complexity index is 509. The van der Waals surface area contributed by atoms with Gasteiger partial charge in [-0.15, -0.1) is 0 Å². The number of nitrogens with one attached hydrogen (secondary N) is 1. The third-order valence-corrected chi connectivity index (χ3v) is 4.51. The van der Waals surface area contributed by atoms with Crippen molar-refractivity contribution < 1.29 is 9.18 Å². The van der Waals surface area contributed by atoms with Gasteiger partial charge in [-0.2, -0.15) is 0 Å². The van der Waals surface area contributed by atoms with Gasteiger partial charge in [0.25, 0.3) is 5.91 Å². The third kappa shape index (κ3) is 4.96. The predicted molar refractivity (Wildman–Crippen MR) is 87.9 cm³/mol. The van der Waals surface area contributed by atoms with Gasteiger partial charge in [0.1, 0.15) is 5.82 Å². The highest BCUT2D eigenvalue weighted by atomic mass is 35.5. The van der Waals surface area contributed by atoms with Gasteiger partial charge >= 0.3 is 0 Å². The molecule has 0 spiro atoms. The van der Waals surface area contributed by atoms with Crippen LogP contribution in [0.2, 0.25) is 5.02 Å². The number of nitrogens with zero attached hydrogens (tertiary/aromatic N) is 1. The number of amides is 1. The molecule has 0 aliphatic carbocycles. The van der Waals surface area contributed by atoms with Crippen LogP contribution in [0.15, 0.2) is 18.2 Å². The van der Waals surface area contributed by atoms with Crippen LogP contribution in [-0.2, 0) is 0 Å². The summed E-state index contributed by atoms with van der Waals surface area (Å²) in [6.45, 7) is 5.11. The zero-order valence-electron chi connectivity index (χ0n) is 13.1. The summed E-state index contributed by atoms with van der Waals surface area (Å²) in [5.41, 5.74) is 0.0500. The van der Waals surface area contributed by atoms with Gasteiger partial charge in [0, 0.05) is 17.6 Å². The maximum absolute atomic E-state index is 13.6. The quantitative estimate of drug-likeness (QED) is 0.805. The number of hydrogen-bond acceptors (Lipinski definition) is 2. The average Bonchev–Trinajstić information content (AvgIpc) is 2.48. The lowest BCUT2D eigenvalue weighted by atomic mass is 10.0. The van der Waals surface area contributed by atoms with Gasteiger partial charge in [-0.3, -0.25) is 4.79 Å². The van der Waals surface area contributed by atoms with E-state index in [4.69, 9.17) is 11.6 Å². The number of carbonyl (C=O) groups is 1. The molecule has 1 atom stereocenters. The molecule has 122 valence electrons. The Morgan fingerprint density at radius 2 is 2.23 bits per heavy atom. The second kappa shape index (κ2) is 8.49. The summed E-state index contributed by atoms with van der Waals surface area (Å²) in [4.78, 5) is 14.4. The molecule has 1 heterocycles. The lowest BCUT2D eigenvalue weighted by Crippen LogP contribution is -2.38. The van der Waals surface area contributed by atoms with Crippen LogP contribution in [-0.4, -0.2) is 36.5 Å². The van der Waals surface area contributed by atoms with E-state index in [-0.39, 0.29) is 11.5 Å². The maximum Gasteiger partial charge on any atom is 0.254 e. The minimum Gasteiger partial charge on any atom is -0.352 e. The fraction of sp³-hybridized carbons (Fsp3) is 0.588. The van der Waals surface area contributed by atoms with E-state index in [0.29, 0.717) is 17.6 Å². The number of unbranched alkanes of at least 4 members (excludes halogenated alkanes) is 1. The molecule has 1 aromatic rings. The smallest absolute Gasteiger partial charge is 0.254 e. The summed E-state index contributed by atoms with van der Waals surface area (Å²) < 4.78 is 13.6. The van der Waals surface area contributed by atoms with Gasteiger partial charge in [0.05, 0.1) is 5.56 Å². The largest absolute Gasteiger partial charge is 0.352 e. The molecule has 22 heavy (non-hydrogen) atoms. The molecule has 1 aliphatic heterocycles. The summed E-state index contributed by atoms with van der Waals surface area (Å²) >= 11 is 5.68. The van der Waals surface area contributed by atoms with Crippen molar-refractivity contribution in [2.45, 2.75) is 45.1 Å². The molecule has 2 rings (SSSR count). The van der Waals surface area contributed by atoms with Crippen molar-refractivity contribution in [1.82, 2.24) is 10.2 Å². The lowest BCUT2D eigenvalue weighted by Gasteiger charge is -2.33. The lowest BCUT2D eigenvalue weighted by molar-refractivity contribution is 0.0947. The molecule has 1 N–H and O–H groups in total. The van der Waals surface area contributed by atoms with E-state index >= 15 is 0 Å². The first-order valence-electron chi connectivity index (χ1n) is 8.05. The van der Waals surface area contributed by atoms with Crippen molar-refractivity contribution in [3.8, 4) is 0 Å². The van der Waals surface area contributed by atoms with Gasteiger partial charge < -0.3 is 10.2 Å². The normalized spacial score (nSPS) is 19.1. The molecule has 1 saturated heterocycles. The van der Waals surface area contributed by atoms with Crippen molar-refractivity contribution in [1.29, 1.82) is 0 Å². The van der Waals surface area contributed by atoms with Crippen LogP contribution in [0, 0.1) is 5.82 Å². The Balaban J connectivity index is 1.67. The Kier molecular flexibility index (Phi) is 6.65. The predicted octanol–water partition coefficient (Wildman–Crippen LogP) is 3.86. The monoisotopic (exact) mass is 326 g/mol. The molecule has 1 unspecified atom stereocenters. The molecule has 1 aromatic carbocycles. The molecule has 1 aliphatic rings. The van der Waals surface area contributed by atoms with Crippen molar-refractivity contribution in [3.63, 3.8) is 0 Å². The van der Waals surface area contributed by atoms with Crippen LogP contribution < -0.4 is 5.32 Å². The molecular formula is C17H24ClFN2O. The molecule has 0 bridgehead atoms. The third-order valence-electron chi connectivity index (χ3n) is 4.27. The first-order valence-corrected chi connectivity index (χ1v) is 8.43. The first-order chi connectivity index (χ1) is 10.6. The van der Waals surface area contributed by atoms with Gasteiger partial charge in [-0.1, -0.05) is 18.0 Å². The Labute approximate surface area is 136 Å². The topological polar surface area (TPSA) is 32.3 Å². The van der Waals surface area contributed by atoms with Gasteiger partial charge in [0.15, 0.2) is 0 Å². The van der Waals surface area contributed by atoms with E-state index in [0.717, 1.165) is 25.5 Å². The molecule has 0 aromatic heterocycles. The molecule has 3 nitrogen and oxygen atoms in total. The van der Waals surface area contributed by atoms with Crippen molar-refractivity contribution >= 4 is 17.5 Å². The number of halogens is 2. The highest BCUT2D eigenvalue weighted by molar-refractivity contribution is 6.30. The number of benzene rings is 1. The summed E-state index contributed by atoms with van der Waals surface area (Å²) in [7, 11) is 0. The Hall–Kier alpha value is -1.13. The van der Waals surface area contributed by atoms with Crippen molar-refractivity contribution in [3.05, 3.63) is 34.6 Å². The number of piperidine rings is 1. The van der Waals surface area contributed by atoms with Crippen molar-refractivity contribution in [2.24, 2.45) is 0 Å². The van der Waals surface area contributed by atoms with Crippen molar-refractivity contribution in [2.75, 3.05) is 19.6 Å². The first kappa shape index (κ1) is 17.2. The maximum atomic E-state index is 13.6. The Morgan fingerprint density at radius 1 is 1.41 bits per heavy atom. The van der Waals surface area contributed by atoms with E-state index in [2.05, 4.69) is 17.1 Å². The summed E-state index contributed by atoms with van der Waals surface area (Å²) in [5.74, 6) is -0.951. The second-order valence-electron chi connectivity index (χ2n) is 5.97. The van der Waals surface area contributed by atoms with Crippen LogP contribution in [0.1, 0.15) is 49.4 Å². The fourth-order valence-electron chi connectivity index (χ4n) is 2.90.